The Balaban J connectivity index is 0. The number of benzene rings is 2. The number of hydrogen-bond acceptors (Lipinski definition) is 12. The second kappa shape index (κ2) is 19.8. The van der Waals surface area contributed by atoms with E-state index in [9.17, 15) is 19.7 Å². The van der Waals surface area contributed by atoms with Gasteiger partial charge in [-0.2, -0.15) is 0 Å². The van der Waals surface area contributed by atoms with Crippen LogP contribution in [0.4, 0.5) is 11.4 Å². The van der Waals surface area contributed by atoms with Crippen LogP contribution >= 0.6 is 0 Å². The van der Waals surface area contributed by atoms with Gasteiger partial charge in [0.15, 0.2) is 0 Å². The average molecular weight is 613 g/mol. The van der Waals surface area contributed by atoms with Gasteiger partial charge in [0, 0.05) is 19.2 Å². The largest absolute Gasteiger partial charge is 0.489 e. The molecule has 0 atom stereocenters. The summed E-state index contributed by atoms with van der Waals surface area (Å²) in [5.74, 6) is -0.265. The number of carbonyl (C=O) groups is 2. The lowest BCUT2D eigenvalue weighted by atomic mass is 10.1. The molecule has 0 aromatic heterocycles. The molecule has 0 aliphatic carbocycles. The number of anilines is 1. The predicted molar refractivity (Wildman–Crippen MR) is 165 cm³/mol. The van der Waals surface area contributed by atoms with E-state index in [1.807, 2.05) is 27.7 Å². The van der Waals surface area contributed by atoms with E-state index in [4.69, 9.17) is 34.5 Å². The lowest BCUT2D eigenvalue weighted by Crippen LogP contribution is -2.13. The van der Waals surface area contributed by atoms with E-state index in [0.717, 1.165) is 7.11 Å². The molecule has 13 nitrogen and oxygen atoms in total. The molecule has 2 aromatic carbocycles. The highest BCUT2D eigenvalue weighted by atomic mass is 16.6. The van der Waals surface area contributed by atoms with Gasteiger partial charge in [0.1, 0.15) is 17.2 Å². The molecule has 0 bridgehead atoms. The maximum absolute atomic E-state index is 11.7. The van der Waals surface area contributed by atoms with Crippen LogP contribution < -0.4 is 24.7 Å². The summed E-state index contributed by atoms with van der Waals surface area (Å²) in [5, 5.41) is 18.3. The SMILES string of the molecule is C.CO.COC(=O)c1cc(OC(C)C)c(N)c(OC(C)C)c1.COC(=O)c1cc(OC(C)C)c([N+](=O)[O-])c(OC(C)C)c1. The van der Waals surface area contributed by atoms with Crippen molar-refractivity contribution in [3.8, 4) is 23.0 Å². The topological polar surface area (TPSA) is 179 Å². The van der Waals surface area contributed by atoms with Gasteiger partial charge in [0.25, 0.3) is 0 Å². The third-order valence-electron chi connectivity index (χ3n) is 4.62. The lowest BCUT2D eigenvalue weighted by molar-refractivity contribution is -0.387. The van der Waals surface area contributed by atoms with Crippen molar-refractivity contribution in [1.29, 1.82) is 0 Å². The number of aliphatic hydroxyl groups is 1. The van der Waals surface area contributed by atoms with Crippen molar-refractivity contribution in [1.82, 2.24) is 0 Å². The van der Waals surface area contributed by atoms with Gasteiger partial charge < -0.3 is 39.3 Å². The van der Waals surface area contributed by atoms with Gasteiger partial charge in [-0.1, -0.05) is 7.43 Å². The molecule has 0 spiro atoms. The maximum Gasteiger partial charge on any atom is 0.352 e. The molecule has 244 valence electrons. The standard InChI is InChI=1S/C14H19NO6.C14H21NO4.CH4O.CH4/c1-8(2)20-11-6-10(14(16)19-5)7-12(21-9(3)4)13(11)15(17)18;1-8(2)18-11-6-10(14(16)17-5)7-12(13(11)15)19-9(3)4;1-2;/h6-9H,1-5H3;6-9H,15H2,1-5H3;2H,1H3;1H4. The van der Waals surface area contributed by atoms with E-state index in [1.165, 1.54) is 26.4 Å². The second-order valence-corrected chi connectivity index (χ2v) is 9.61. The van der Waals surface area contributed by atoms with E-state index >= 15 is 0 Å². The van der Waals surface area contributed by atoms with Crippen LogP contribution in [0.5, 0.6) is 23.0 Å². The zero-order valence-electron chi connectivity index (χ0n) is 26.2. The molecule has 0 amide bonds. The molecule has 0 saturated carbocycles. The smallest absolute Gasteiger partial charge is 0.352 e. The van der Waals surface area contributed by atoms with Gasteiger partial charge in [0.05, 0.1) is 54.7 Å². The normalized spacial score (nSPS) is 10.0. The highest BCUT2D eigenvalue weighted by Crippen LogP contribution is 2.39. The Morgan fingerprint density at radius 1 is 0.674 bits per heavy atom. The third-order valence-corrected chi connectivity index (χ3v) is 4.62. The van der Waals surface area contributed by atoms with Crippen LogP contribution in [-0.2, 0) is 9.47 Å². The molecule has 0 aliphatic rings. The molecular weight excluding hydrogens is 564 g/mol. The summed E-state index contributed by atoms with van der Waals surface area (Å²) < 4.78 is 31.4. The minimum Gasteiger partial charge on any atom is -0.489 e. The number of nitro benzene ring substituents is 1. The molecule has 0 saturated heterocycles. The number of rotatable bonds is 11. The maximum atomic E-state index is 11.7. The highest BCUT2D eigenvalue weighted by Gasteiger charge is 2.27. The number of nitrogen functional groups attached to an aromatic ring is 1. The summed E-state index contributed by atoms with van der Waals surface area (Å²) >= 11 is 0. The summed E-state index contributed by atoms with van der Waals surface area (Å²) in [4.78, 5) is 34.0. The lowest BCUT2D eigenvalue weighted by Gasteiger charge is -2.18. The van der Waals surface area contributed by atoms with Gasteiger partial charge in [-0.25, -0.2) is 9.59 Å². The van der Waals surface area contributed by atoms with Gasteiger partial charge in [0.2, 0.25) is 11.5 Å². The van der Waals surface area contributed by atoms with Crippen LogP contribution in [0.25, 0.3) is 0 Å². The Kier molecular flexibility index (Phi) is 18.8. The number of methoxy groups -OCH3 is 2. The average Bonchev–Trinajstić information content (AvgIpc) is 2.89. The van der Waals surface area contributed by atoms with Crippen LogP contribution in [0.15, 0.2) is 24.3 Å². The summed E-state index contributed by atoms with van der Waals surface area (Å²) in [6.07, 6.45) is -0.684. The number of nitrogens with zero attached hydrogens (tertiary/aromatic N) is 1. The van der Waals surface area contributed by atoms with Gasteiger partial charge in [-0.15, -0.1) is 0 Å². The van der Waals surface area contributed by atoms with Crippen molar-refractivity contribution in [2.24, 2.45) is 0 Å². The van der Waals surface area contributed by atoms with Crippen LogP contribution in [0, 0.1) is 10.1 Å². The number of nitrogens with two attached hydrogens (primary N) is 1. The van der Waals surface area contributed by atoms with Gasteiger partial charge in [-0.3, -0.25) is 10.1 Å². The van der Waals surface area contributed by atoms with Crippen LogP contribution in [0.1, 0.15) is 83.5 Å². The first-order chi connectivity index (χ1) is 19.6. The first-order valence-corrected chi connectivity index (χ1v) is 13.1. The third kappa shape index (κ3) is 13.5. The van der Waals surface area contributed by atoms with E-state index in [1.54, 1.807) is 39.8 Å². The Bertz CT molecular complexity index is 1120. The summed E-state index contributed by atoms with van der Waals surface area (Å²) in [5.41, 5.74) is 6.56. The van der Waals surface area contributed by atoms with Gasteiger partial charge in [-0.05, 0) is 67.5 Å². The second-order valence-electron chi connectivity index (χ2n) is 9.61. The Morgan fingerprint density at radius 2 is 0.930 bits per heavy atom. The summed E-state index contributed by atoms with van der Waals surface area (Å²) in [6.45, 7) is 14.5. The minimum absolute atomic E-state index is 0. The quantitative estimate of drug-likeness (QED) is 0.134. The molecular formula is C30H48N2O11. The van der Waals surface area contributed by atoms with Crippen molar-refractivity contribution in [2.75, 3.05) is 27.1 Å². The fourth-order valence-corrected chi connectivity index (χ4v) is 3.23. The molecule has 0 heterocycles. The van der Waals surface area contributed by atoms with Crippen LogP contribution in [0.3, 0.4) is 0 Å². The van der Waals surface area contributed by atoms with E-state index in [0.29, 0.717) is 22.7 Å². The molecule has 0 aliphatic heterocycles. The van der Waals surface area contributed by atoms with E-state index in [2.05, 4.69) is 4.74 Å². The fourth-order valence-electron chi connectivity index (χ4n) is 3.23. The van der Waals surface area contributed by atoms with Crippen molar-refractivity contribution in [2.45, 2.75) is 87.2 Å². The number of ether oxygens (including phenoxy) is 6. The summed E-state index contributed by atoms with van der Waals surface area (Å²) in [7, 11) is 3.56. The number of hydrogen-bond donors (Lipinski definition) is 2. The number of carbonyl (C=O) groups excluding carboxylic acids is 2. The Hall–Kier alpha value is -4.26. The number of esters is 2. The molecule has 2 aromatic rings. The van der Waals surface area contributed by atoms with Crippen molar-refractivity contribution in [3.63, 3.8) is 0 Å². The number of nitro groups is 1. The molecule has 3 N–H and O–H groups in total. The molecule has 0 radical (unpaired) electrons. The monoisotopic (exact) mass is 612 g/mol. The highest BCUT2D eigenvalue weighted by molar-refractivity contribution is 5.92. The first-order valence-electron chi connectivity index (χ1n) is 13.1. The summed E-state index contributed by atoms with van der Waals surface area (Å²) in [6, 6.07) is 5.71. The predicted octanol–water partition coefficient (Wildman–Crippen LogP) is 5.83. The van der Waals surface area contributed by atoms with Crippen LogP contribution in [-0.4, -0.2) is 67.7 Å². The van der Waals surface area contributed by atoms with Crippen LogP contribution in [0.2, 0.25) is 0 Å². The van der Waals surface area contributed by atoms with Crippen molar-refractivity contribution in [3.05, 3.63) is 45.5 Å². The Morgan fingerprint density at radius 3 is 1.16 bits per heavy atom. The molecule has 13 heteroatoms. The van der Waals surface area contributed by atoms with Gasteiger partial charge >= 0.3 is 17.6 Å². The van der Waals surface area contributed by atoms with E-state index in [-0.39, 0.29) is 54.6 Å². The Labute approximate surface area is 254 Å². The zero-order chi connectivity index (χ0) is 32.7. The van der Waals surface area contributed by atoms with Crippen molar-refractivity contribution >= 4 is 23.3 Å². The zero-order valence-corrected chi connectivity index (χ0v) is 26.2. The molecule has 43 heavy (non-hydrogen) atoms. The number of aliphatic hydroxyl groups excluding tert-OH is 1. The molecule has 0 unspecified atom stereocenters. The molecule has 0 fully saturated rings. The fraction of sp³-hybridized carbons (Fsp3) is 0.533. The first kappa shape index (κ1) is 40.9. The molecule has 2 rings (SSSR count). The van der Waals surface area contributed by atoms with E-state index < -0.39 is 16.9 Å². The minimum atomic E-state index is -0.618. The van der Waals surface area contributed by atoms with Crippen molar-refractivity contribution < 1.29 is 48.0 Å².